The van der Waals surface area contributed by atoms with Gasteiger partial charge in [-0.1, -0.05) is 26.0 Å². The Bertz CT molecular complexity index is 1430. The van der Waals surface area contributed by atoms with Crippen molar-refractivity contribution in [1.82, 2.24) is 41.7 Å². The van der Waals surface area contributed by atoms with Gasteiger partial charge in [-0.2, -0.15) is 5.10 Å². The molecular formula is C27H34N10O4. The highest BCUT2D eigenvalue weighted by molar-refractivity contribution is 5.98. The van der Waals surface area contributed by atoms with E-state index in [2.05, 4.69) is 50.6 Å². The van der Waals surface area contributed by atoms with Crippen LogP contribution in [0.4, 0.5) is 0 Å². The number of amides is 2. The number of rotatable bonds is 5. The number of hydrogen-bond acceptors (Lipinski definition) is 8. The third-order valence-corrected chi connectivity index (χ3v) is 8.54. The molecule has 14 nitrogen and oxygen atoms in total. The maximum Gasteiger partial charge on any atom is 0.271 e. The van der Waals surface area contributed by atoms with E-state index in [4.69, 9.17) is 15.6 Å². The fraction of sp³-hybridized carbons (Fsp3) is 0.481. The summed E-state index contributed by atoms with van der Waals surface area (Å²) in [6, 6.07) is 6.80. The molecule has 2 aromatic rings. The monoisotopic (exact) mass is 562 g/mol. The molecule has 0 bridgehead atoms. The van der Waals surface area contributed by atoms with Crippen LogP contribution in [-0.4, -0.2) is 93.5 Å². The molecular weight excluding hydrogens is 528 g/mol. The minimum absolute atomic E-state index is 0.00222. The Hall–Kier alpha value is -4.46. The molecule has 5 heterocycles. The van der Waals surface area contributed by atoms with Crippen molar-refractivity contribution in [2.75, 3.05) is 19.7 Å². The smallest absolute Gasteiger partial charge is 0.271 e. The summed E-state index contributed by atoms with van der Waals surface area (Å²) < 4.78 is 5.92. The topological polar surface area (TPSA) is 200 Å². The predicted molar refractivity (Wildman–Crippen MR) is 148 cm³/mol. The summed E-state index contributed by atoms with van der Waals surface area (Å²) in [5.41, 5.74) is 0.751. The number of guanidine groups is 2. The highest BCUT2D eigenvalue weighted by atomic mass is 16.5. The number of carbonyl (C=O) groups excluding carboxylic acids is 2. The van der Waals surface area contributed by atoms with E-state index < -0.39 is 35.8 Å². The maximum atomic E-state index is 13.5. The Balaban J connectivity index is 1.22. The molecule has 5 atom stereocenters. The Kier molecular flexibility index (Phi) is 6.25. The van der Waals surface area contributed by atoms with Crippen molar-refractivity contribution in [1.29, 1.82) is 10.8 Å². The fourth-order valence-electron chi connectivity index (χ4n) is 6.31. The third-order valence-electron chi connectivity index (χ3n) is 8.54. The lowest BCUT2D eigenvalue weighted by Gasteiger charge is -2.49. The van der Waals surface area contributed by atoms with Gasteiger partial charge in [0.1, 0.15) is 11.9 Å². The van der Waals surface area contributed by atoms with E-state index in [0.717, 1.165) is 12.0 Å². The lowest BCUT2D eigenvalue weighted by atomic mass is 9.79. The standard InChI is InChI=1S/C27H34N10O4/c1-13-7-8-16(36-35-13)23(40)30-11-17-20-27(34-24(28)33-20)21(38)18(12-37(27)25(29)32-17)31-22(39)14-5-4-6-15-19(14)41-10-9-26(15,2)3/h4-8,17-18,20-21,38H,9-12H2,1-3H3,(H2,29,32)(H,30,40)(H,31,39)(H3,28,33,34)/t17-,18?,20-,21+,27-/m0/s1. The van der Waals surface area contributed by atoms with E-state index in [9.17, 15) is 14.7 Å². The molecule has 1 aromatic heterocycles. The molecule has 3 saturated heterocycles. The Morgan fingerprint density at radius 1 is 1.17 bits per heavy atom. The van der Waals surface area contributed by atoms with E-state index >= 15 is 0 Å². The summed E-state index contributed by atoms with van der Waals surface area (Å²) in [5, 5.41) is 51.5. The van der Waals surface area contributed by atoms with Gasteiger partial charge < -0.3 is 41.3 Å². The van der Waals surface area contributed by atoms with Gasteiger partial charge in [0.05, 0.1) is 36.0 Å². The van der Waals surface area contributed by atoms with E-state index in [1.54, 1.807) is 30.0 Å². The van der Waals surface area contributed by atoms with Crippen molar-refractivity contribution >= 4 is 23.7 Å². The summed E-state index contributed by atoms with van der Waals surface area (Å²) >= 11 is 0. The van der Waals surface area contributed by atoms with E-state index in [1.165, 1.54) is 0 Å². The molecule has 4 aliphatic rings. The van der Waals surface area contributed by atoms with E-state index in [1.807, 2.05) is 12.1 Å². The molecule has 41 heavy (non-hydrogen) atoms. The number of aliphatic hydroxyl groups excluding tert-OH is 1. The second-order valence-corrected chi connectivity index (χ2v) is 11.6. The zero-order valence-electron chi connectivity index (χ0n) is 23.0. The van der Waals surface area contributed by atoms with Gasteiger partial charge in [-0.05, 0) is 37.0 Å². The number of fused-ring (bicyclic) bond motifs is 1. The SMILES string of the molecule is Cc1ccc(C(=O)NC[C@@H]2NC(=N)N3CC(NC(=O)c4cccc5c4OCCC5(C)C)[C@@H](O)[C@@]34NC(=N)N[C@@H]24)nn1. The van der Waals surface area contributed by atoms with Crippen LogP contribution in [-0.2, 0) is 5.41 Å². The van der Waals surface area contributed by atoms with Gasteiger partial charge in [-0.15, -0.1) is 5.10 Å². The lowest BCUT2D eigenvalue weighted by molar-refractivity contribution is 0.00611. The average Bonchev–Trinajstić information content (AvgIpc) is 3.43. The minimum atomic E-state index is -1.30. The van der Waals surface area contributed by atoms with Crippen LogP contribution in [0.1, 0.15) is 52.4 Å². The second-order valence-electron chi connectivity index (χ2n) is 11.6. The van der Waals surface area contributed by atoms with Crippen LogP contribution in [0, 0.1) is 17.7 Å². The van der Waals surface area contributed by atoms with Crippen LogP contribution < -0.4 is 31.3 Å². The van der Waals surface area contributed by atoms with Crippen LogP contribution in [0.5, 0.6) is 5.75 Å². The first-order valence-electron chi connectivity index (χ1n) is 13.6. The number of nitrogens with one attached hydrogen (secondary N) is 7. The van der Waals surface area contributed by atoms with Crippen molar-refractivity contribution in [3.8, 4) is 5.75 Å². The largest absolute Gasteiger partial charge is 0.492 e. The molecule has 2 amide bonds. The van der Waals surface area contributed by atoms with Gasteiger partial charge in [0.15, 0.2) is 23.3 Å². The number of aryl methyl sites for hydroxylation is 1. The molecule has 3 fully saturated rings. The first-order valence-corrected chi connectivity index (χ1v) is 13.6. The Morgan fingerprint density at radius 2 is 1.98 bits per heavy atom. The highest BCUT2D eigenvalue weighted by Gasteiger charge is 2.66. The molecule has 216 valence electrons. The molecule has 0 saturated carbocycles. The molecule has 14 heteroatoms. The number of hydrogen-bond donors (Lipinski definition) is 8. The van der Waals surface area contributed by atoms with Gasteiger partial charge in [0.25, 0.3) is 11.8 Å². The summed E-state index contributed by atoms with van der Waals surface area (Å²) in [7, 11) is 0. The molecule has 6 rings (SSSR count). The molecule has 0 radical (unpaired) electrons. The summed E-state index contributed by atoms with van der Waals surface area (Å²) in [6.45, 7) is 6.71. The van der Waals surface area contributed by atoms with E-state index in [0.29, 0.717) is 23.6 Å². The number of nitrogens with zero attached hydrogens (tertiary/aromatic N) is 3. The summed E-state index contributed by atoms with van der Waals surface area (Å²) in [4.78, 5) is 27.8. The van der Waals surface area contributed by atoms with Crippen LogP contribution in [0.3, 0.4) is 0 Å². The van der Waals surface area contributed by atoms with Gasteiger partial charge in [-0.25, -0.2) is 0 Å². The van der Waals surface area contributed by atoms with E-state index in [-0.39, 0.29) is 42.0 Å². The number of aromatic nitrogens is 2. The lowest BCUT2D eigenvalue weighted by Crippen LogP contribution is -2.78. The van der Waals surface area contributed by atoms with Crippen LogP contribution >= 0.6 is 0 Å². The van der Waals surface area contributed by atoms with Crippen LogP contribution in [0.15, 0.2) is 30.3 Å². The average molecular weight is 563 g/mol. The van der Waals surface area contributed by atoms with Crippen molar-refractivity contribution in [2.45, 2.75) is 62.5 Å². The first-order chi connectivity index (χ1) is 19.5. The molecule has 1 aromatic carbocycles. The van der Waals surface area contributed by atoms with Crippen molar-refractivity contribution in [3.05, 3.63) is 52.8 Å². The maximum absolute atomic E-state index is 13.5. The van der Waals surface area contributed by atoms with Gasteiger partial charge >= 0.3 is 0 Å². The van der Waals surface area contributed by atoms with Crippen molar-refractivity contribution < 1.29 is 19.4 Å². The number of aliphatic hydroxyl groups is 1. The van der Waals surface area contributed by atoms with Gasteiger partial charge in [0, 0.05) is 18.7 Å². The number of para-hydroxylation sites is 1. The molecule has 1 unspecified atom stereocenters. The zero-order chi connectivity index (χ0) is 29.1. The van der Waals surface area contributed by atoms with Gasteiger partial charge in [-0.3, -0.25) is 20.4 Å². The Labute approximate surface area is 236 Å². The first kappa shape index (κ1) is 26.7. The van der Waals surface area contributed by atoms with Gasteiger partial charge in [0.2, 0.25) is 0 Å². The summed E-state index contributed by atoms with van der Waals surface area (Å²) in [5.74, 6) is -0.306. The third kappa shape index (κ3) is 4.29. The number of benzene rings is 1. The molecule has 0 aliphatic carbocycles. The zero-order valence-corrected chi connectivity index (χ0v) is 23.0. The molecule has 4 aliphatic heterocycles. The van der Waals surface area contributed by atoms with Crippen molar-refractivity contribution in [3.63, 3.8) is 0 Å². The van der Waals surface area contributed by atoms with Crippen LogP contribution in [0.25, 0.3) is 0 Å². The van der Waals surface area contributed by atoms with Crippen molar-refractivity contribution in [2.24, 2.45) is 0 Å². The highest BCUT2D eigenvalue weighted by Crippen LogP contribution is 2.41. The minimum Gasteiger partial charge on any atom is -0.492 e. The number of ether oxygens (including phenoxy) is 1. The normalized spacial score (nSPS) is 29.1. The molecule has 1 spiro atoms. The quantitative estimate of drug-likeness (QED) is 0.227. The fourth-order valence-corrected chi connectivity index (χ4v) is 6.31. The molecule has 8 N–H and O–H groups in total. The Morgan fingerprint density at radius 3 is 2.73 bits per heavy atom. The number of carbonyl (C=O) groups is 2. The van der Waals surface area contributed by atoms with Crippen LogP contribution in [0.2, 0.25) is 0 Å². The summed E-state index contributed by atoms with van der Waals surface area (Å²) in [6.07, 6.45) is -0.363. The predicted octanol–water partition coefficient (Wildman–Crippen LogP) is -0.851. The second kappa shape index (κ2) is 9.58.